The summed E-state index contributed by atoms with van der Waals surface area (Å²) in [7, 11) is -3.35. The summed E-state index contributed by atoms with van der Waals surface area (Å²) < 4.78 is 27.0. The summed E-state index contributed by atoms with van der Waals surface area (Å²) in [5, 5.41) is 1.27. The van der Waals surface area contributed by atoms with Crippen molar-refractivity contribution in [2.45, 2.75) is 37.8 Å². The number of rotatable bonds is 5. The third-order valence-corrected chi connectivity index (χ3v) is 5.32. The highest BCUT2D eigenvalue weighted by atomic mass is 32.2. The Kier molecular flexibility index (Phi) is 4.42. The fourth-order valence-electron chi connectivity index (χ4n) is 2.83. The summed E-state index contributed by atoms with van der Waals surface area (Å²) in [6.07, 6.45) is 6.10. The van der Waals surface area contributed by atoms with Gasteiger partial charge in [-0.05, 0) is 50.4 Å². The normalized spacial score (nSPS) is 21.9. The molecule has 1 heterocycles. The van der Waals surface area contributed by atoms with Crippen molar-refractivity contribution >= 4 is 16.1 Å². The van der Waals surface area contributed by atoms with Crippen LogP contribution in [0.25, 0.3) is 6.08 Å². The first kappa shape index (κ1) is 14.8. The van der Waals surface area contributed by atoms with Crippen molar-refractivity contribution in [1.82, 2.24) is 9.62 Å². The van der Waals surface area contributed by atoms with E-state index in [-0.39, 0.29) is 6.04 Å². The smallest absolute Gasteiger partial charge is 0.233 e. The highest BCUT2D eigenvalue weighted by Crippen LogP contribution is 2.29. The molecule has 0 spiro atoms. The molecule has 2 fully saturated rings. The average Bonchev–Trinajstić information content (AvgIpc) is 3.32. The molecule has 0 bridgehead atoms. The van der Waals surface area contributed by atoms with Crippen molar-refractivity contribution < 1.29 is 8.42 Å². The molecule has 5 heteroatoms. The zero-order valence-corrected chi connectivity index (χ0v) is 12.9. The number of nitrogens with zero attached hydrogens (tertiary/aromatic N) is 1. The Hall–Kier alpha value is -1.17. The van der Waals surface area contributed by atoms with Crippen LogP contribution < -0.4 is 4.72 Å². The van der Waals surface area contributed by atoms with Gasteiger partial charge in [0.15, 0.2) is 0 Å². The van der Waals surface area contributed by atoms with Gasteiger partial charge in [0.2, 0.25) is 10.0 Å². The highest BCUT2D eigenvalue weighted by Gasteiger charge is 2.32. The van der Waals surface area contributed by atoms with Gasteiger partial charge in [-0.1, -0.05) is 30.3 Å². The van der Waals surface area contributed by atoms with Crippen LogP contribution in [0.5, 0.6) is 0 Å². The highest BCUT2D eigenvalue weighted by molar-refractivity contribution is 7.92. The molecule has 1 aliphatic heterocycles. The van der Waals surface area contributed by atoms with Gasteiger partial charge in [-0.2, -0.15) is 0 Å². The van der Waals surface area contributed by atoms with Gasteiger partial charge in [0, 0.05) is 17.5 Å². The first-order valence-electron chi connectivity index (χ1n) is 7.62. The van der Waals surface area contributed by atoms with Gasteiger partial charge in [-0.25, -0.2) is 13.1 Å². The molecule has 0 unspecified atom stereocenters. The maximum absolute atomic E-state index is 12.1. The maximum Gasteiger partial charge on any atom is 0.233 e. The second kappa shape index (κ2) is 6.30. The second-order valence-electron chi connectivity index (χ2n) is 5.92. The van der Waals surface area contributed by atoms with E-state index < -0.39 is 10.0 Å². The van der Waals surface area contributed by atoms with E-state index in [9.17, 15) is 8.42 Å². The number of benzene rings is 1. The molecular weight excluding hydrogens is 284 g/mol. The standard InChI is InChI=1S/C16H22N2O2S/c19-21(20,13-10-14-4-2-1-3-5-14)17-15-8-11-18(12-9-15)16-6-7-16/h1-5,10,13,15-17H,6-9,11-12H2/b13-10+. The van der Waals surface area contributed by atoms with Gasteiger partial charge in [0.25, 0.3) is 0 Å². The molecule has 0 radical (unpaired) electrons. The Morgan fingerprint density at radius 2 is 1.71 bits per heavy atom. The van der Waals surface area contributed by atoms with Crippen LogP contribution in [0.2, 0.25) is 0 Å². The van der Waals surface area contributed by atoms with E-state index in [0.29, 0.717) is 0 Å². The van der Waals surface area contributed by atoms with Crippen molar-refractivity contribution in [2.75, 3.05) is 13.1 Å². The summed E-state index contributed by atoms with van der Waals surface area (Å²) in [5.74, 6) is 0. The Bertz CT molecular complexity index is 586. The van der Waals surface area contributed by atoms with E-state index >= 15 is 0 Å². The van der Waals surface area contributed by atoms with Crippen LogP contribution in [0.15, 0.2) is 35.7 Å². The van der Waals surface area contributed by atoms with Gasteiger partial charge < -0.3 is 4.90 Å². The van der Waals surface area contributed by atoms with Crippen LogP contribution >= 0.6 is 0 Å². The lowest BCUT2D eigenvalue weighted by Gasteiger charge is -2.31. The molecular formula is C16H22N2O2S. The van der Waals surface area contributed by atoms with Crippen molar-refractivity contribution in [1.29, 1.82) is 0 Å². The molecule has 1 saturated carbocycles. The number of likely N-dealkylation sites (tertiary alicyclic amines) is 1. The minimum absolute atomic E-state index is 0.0745. The fraction of sp³-hybridized carbons (Fsp3) is 0.500. The Morgan fingerprint density at radius 1 is 1.05 bits per heavy atom. The summed E-state index contributed by atoms with van der Waals surface area (Å²) in [6.45, 7) is 2.03. The Morgan fingerprint density at radius 3 is 2.33 bits per heavy atom. The van der Waals surface area contributed by atoms with Gasteiger partial charge >= 0.3 is 0 Å². The van der Waals surface area contributed by atoms with Crippen LogP contribution in [0.1, 0.15) is 31.2 Å². The SMILES string of the molecule is O=S(=O)(/C=C/c1ccccc1)NC1CCN(C2CC2)CC1. The third kappa shape index (κ3) is 4.40. The molecule has 1 N–H and O–H groups in total. The molecule has 2 aliphatic rings. The first-order chi connectivity index (χ1) is 10.1. The lowest BCUT2D eigenvalue weighted by Crippen LogP contribution is -2.44. The molecule has 1 saturated heterocycles. The van der Waals surface area contributed by atoms with E-state index in [1.165, 1.54) is 18.2 Å². The number of piperidine rings is 1. The number of hydrogen-bond donors (Lipinski definition) is 1. The van der Waals surface area contributed by atoms with Crippen molar-refractivity contribution in [3.05, 3.63) is 41.3 Å². The minimum Gasteiger partial charge on any atom is -0.300 e. The average molecular weight is 306 g/mol. The molecule has 1 aromatic rings. The van der Waals surface area contributed by atoms with E-state index in [0.717, 1.165) is 37.5 Å². The molecule has 21 heavy (non-hydrogen) atoms. The molecule has 3 rings (SSSR count). The summed E-state index contributed by atoms with van der Waals surface area (Å²) in [4.78, 5) is 2.49. The zero-order chi connectivity index (χ0) is 14.7. The molecule has 0 aromatic heterocycles. The third-order valence-electron chi connectivity index (χ3n) is 4.16. The molecule has 1 aromatic carbocycles. The second-order valence-corrected chi connectivity index (χ2v) is 7.52. The summed E-state index contributed by atoms with van der Waals surface area (Å²) >= 11 is 0. The molecule has 1 aliphatic carbocycles. The maximum atomic E-state index is 12.1. The van der Waals surface area contributed by atoms with Crippen LogP contribution in [0.3, 0.4) is 0 Å². The predicted molar refractivity (Wildman–Crippen MR) is 85.1 cm³/mol. The van der Waals surface area contributed by atoms with Crippen molar-refractivity contribution in [3.63, 3.8) is 0 Å². The summed E-state index contributed by atoms with van der Waals surface area (Å²) in [6, 6.07) is 10.3. The minimum atomic E-state index is -3.35. The number of hydrogen-bond acceptors (Lipinski definition) is 3. The van der Waals surface area contributed by atoms with E-state index in [4.69, 9.17) is 0 Å². The predicted octanol–water partition coefficient (Wildman–Crippen LogP) is 2.20. The van der Waals surface area contributed by atoms with E-state index in [1.54, 1.807) is 6.08 Å². The Balaban J connectivity index is 1.53. The molecule has 114 valence electrons. The zero-order valence-electron chi connectivity index (χ0n) is 12.1. The number of sulfonamides is 1. The van der Waals surface area contributed by atoms with Crippen LogP contribution in [0, 0.1) is 0 Å². The van der Waals surface area contributed by atoms with Gasteiger partial charge in [-0.15, -0.1) is 0 Å². The van der Waals surface area contributed by atoms with E-state index in [1.807, 2.05) is 30.3 Å². The van der Waals surface area contributed by atoms with E-state index in [2.05, 4.69) is 9.62 Å². The quantitative estimate of drug-likeness (QED) is 0.907. The molecule has 0 atom stereocenters. The summed E-state index contributed by atoms with van der Waals surface area (Å²) in [5.41, 5.74) is 0.895. The van der Waals surface area contributed by atoms with Crippen molar-refractivity contribution in [3.8, 4) is 0 Å². The van der Waals surface area contributed by atoms with Crippen molar-refractivity contribution in [2.24, 2.45) is 0 Å². The van der Waals surface area contributed by atoms with Gasteiger partial charge in [-0.3, -0.25) is 0 Å². The van der Waals surface area contributed by atoms with Crippen LogP contribution in [-0.2, 0) is 10.0 Å². The lowest BCUT2D eigenvalue weighted by atomic mass is 10.1. The van der Waals surface area contributed by atoms with Crippen LogP contribution in [0.4, 0.5) is 0 Å². The lowest BCUT2D eigenvalue weighted by molar-refractivity contribution is 0.199. The monoisotopic (exact) mass is 306 g/mol. The largest absolute Gasteiger partial charge is 0.300 e. The first-order valence-corrected chi connectivity index (χ1v) is 9.16. The van der Waals surface area contributed by atoms with Crippen LogP contribution in [-0.4, -0.2) is 38.5 Å². The van der Waals surface area contributed by atoms with Gasteiger partial charge in [0.05, 0.1) is 0 Å². The Labute approximate surface area is 126 Å². The molecule has 4 nitrogen and oxygen atoms in total. The fourth-order valence-corrected chi connectivity index (χ4v) is 3.94. The molecule has 0 amide bonds. The van der Waals surface area contributed by atoms with Gasteiger partial charge in [0.1, 0.15) is 0 Å². The topological polar surface area (TPSA) is 49.4 Å². The number of nitrogens with one attached hydrogen (secondary N) is 1.